The van der Waals surface area contributed by atoms with Crippen molar-refractivity contribution in [3.8, 4) is 0 Å². The predicted octanol–water partition coefficient (Wildman–Crippen LogP) is -1.89. The van der Waals surface area contributed by atoms with Crippen molar-refractivity contribution in [2.45, 2.75) is 24.5 Å². The number of nitrogens with zero attached hydrogens (tertiary/aromatic N) is 2. The third kappa shape index (κ3) is 3.01. The molecule has 5 N–H and O–H groups in total. The summed E-state index contributed by atoms with van der Waals surface area (Å²) in [5.74, 6) is 0.0106. The van der Waals surface area contributed by atoms with E-state index in [1.54, 1.807) is 0 Å². The molecule has 2 heterocycles. The molecular weight excluding hydrogens is 293 g/mol. The van der Waals surface area contributed by atoms with Gasteiger partial charge in [0.1, 0.15) is 30.7 Å². The zero-order valence-corrected chi connectivity index (χ0v) is 11.0. The second kappa shape index (κ2) is 5.92. The first-order valence-corrected chi connectivity index (χ1v) is 6.68. The van der Waals surface area contributed by atoms with Gasteiger partial charge in [-0.25, -0.2) is 4.79 Å². The van der Waals surface area contributed by atoms with Crippen LogP contribution in [0.3, 0.4) is 0 Å². The Labute approximate surface area is 113 Å². The number of rotatable bonds is 4. The monoisotopic (exact) mass is 306 g/mol. The molecule has 11 heteroatoms. The summed E-state index contributed by atoms with van der Waals surface area (Å²) >= 11 is 0. The van der Waals surface area contributed by atoms with E-state index in [-0.39, 0.29) is 5.82 Å². The molecule has 5 atom stereocenters. The average Bonchev–Trinajstić information content (AvgIpc) is 2.64. The molecule has 0 aromatic carbocycles. The molecule has 1 aromatic heterocycles. The van der Waals surface area contributed by atoms with Gasteiger partial charge in [0, 0.05) is 10.8 Å². The van der Waals surface area contributed by atoms with E-state index < -0.39 is 45.1 Å². The number of nitrogens with two attached hydrogens (primary N) is 1. The standard InChI is InChI=1S/C9H12N3O7P/c10-5-1-2-12(9(15)11-5)8-7(14)6(13)4(19-8)3-18-20(16)17/h1-2,4,6-8,13-14H,3H2,(H2-,10,11,15,16,17)/p+1/t4-,6?,7?,8-/m1/s1. The van der Waals surface area contributed by atoms with Crippen LogP contribution in [0.2, 0.25) is 0 Å². The fourth-order valence-corrected chi connectivity index (χ4v) is 2.13. The summed E-state index contributed by atoms with van der Waals surface area (Å²) in [6, 6.07) is 1.33. The van der Waals surface area contributed by atoms with Crippen LogP contribution in [0.4, 0.5) is 5.82 Å². The zero-order chi connectivity index (χ0) is 14.9. The fraction of sp³-hybridized carbons (Fsp3) is 0.556. The average molecular weight is 306 g/mol. The van der Waals surface area contributed by atoms with Crippen LogP contribution in [0.5, 0.6) is 0 Å². The van der Waals surface area contributed by atoms with Gasteiger partial charge in [-0.05, 0) is 6.07 Å². The van der Waals surface area contributed by atoms with Gasteiger partial charge >= 0.3 is 13.9 Å². The van der Waals surface area contributed by atoms with Crippen LogP contribution in [0.1, 0.15) is 6.23 Å². The molecule has 0 radical (unpaired) electrons. The summed E-state index contributed by atoms with van der Waals surface area (Å²) in [4.78, 5) is 23.6. The van der Waals surface area contributed by atoms with E-state index in [4.69, 9.17) is 15.4 Å². The van der Waals surface area contributed by atoms with E-state index in [1.807, 2.05) is 0 Å². The highest BCUT2D eigenvalue weighted by atomic mass is 31.1. The van der Waals surface area contributed by atoms with E-state index >= 15 is 0 Å². The maximum Gasteiger partial charge on any atom is 0.694 e. The Bertz CT molecular complexity index is 565. The number of aromatic nitrogens is 2. The van der Waals surface area contributed by atoms with Gasteiger partial charge in [-0.15, -0.1) is 9.42 Å². The highest BCUT2D eigenvalue weighted by molar-refractivity contribution is 7.32. The number of nitrogen functional groups attached to an aromatic ring is 1. The van der Waals surface area contributed by atoms with Crippen LogP contribution >= 0.6 is 8.25 Å². The topological polar surface area (TPSA) is 157 Å². The molecule has 0 amide bonds. The third-order valence-electron chi connectivity index (χ3n) is 2.81. The second-order valence-corrected chi connectivity index (χ2v) is 4.86. The summed E-state index contributed by atoms with van der Waals surface area (Å²) in [7, 11) is -2.85. The number of aliphatic hydroxyl groups is 2. The van der Waals surface area contributed by atoms with Crippen LogP contribution < -0.4 is 11.4 Å². The van der Waals surface area contributed by atoms with Crippen molar-refractivity contribution in [1.82, 2.24) is 9.55 Å². The SMILES string of the molecule is Nc1ccn([C@@H]2O[C@H](CO[P+](=O)O)C(O)C2O)c(=O)n1. The van der Waals surface area contributed by atoms with Gasteiger partial charge in [-0.3, -0.25) is 4.57 Å². The summed E-state index contributed by atoms with van der Waals surface area (Å²) in [5, 5.41) is 19.6. The van der Waals surface area contributed by atoms with E-state index in [2.05, 4.69) is 9.51 Å². The first kappa shape index (κ1) is 15.0. The first-order valence-electron chi connectivity index (χ1n) is 5.55. The minimum Gasteiger partial charge on any atom is -0.387 e. The quantitative estimate of drug-likeness (QED) is 0.467. The van der Waals surface area contributed by atoms with E-state index in [9.17, 15) is 19.6 Å². The lowest BCUT2D eigenvalue weighted by molar-refractivity contribution is -0.0516. The summed E-state index contributed by atoms with van der Waals surface area (Å²) in [6.07, 6.45) is -3.76. The van der Waals surface area contributed by atoms with Crippen molar-refractivity contribution < 1.29 is 28.9 Å². The molecule has 0 bridgehead atoms. The molecule has 0 aliphatic carbocycles. The third-order valence-corrected chi connectivity index (χ3v) is 3.18. The normalized spacial score (nSPS) is 30.4. The van der Waals surface area contributed by atoms with Crippen molar-refractivity contribution in [2.75, 3.05) is 12.3 Å². The number of hydrogen-bond donors (Lipinski definition) is 4. The predicted molar refractivity (Wildman–Crippen MR) is 64.6 cm³/mol. The van der Waals surface area contributed by atoms with Gasteiger partial charge in [0.15, 0.2) is 6.23 Å². The maximum absolute atomic E-state index is 11.6. The Morgan fingerprint density at radius 3 is 2.80 bits per heavy atom. The Morgan fingerprint density at radius 1 is 1.50 bits per heavy atom. The van der Waals surface area contributed by atoms with E-state index in [1.165, 1.54) is 12.3 Å². The molecule has 1 aliphatic heterocycles. The lowest BCUT2D eigenvalue weighted by atomic mass is 10.1. The first-order chi connectivity index (χ1) is 9.40. The molecule has 1 saturated heterocycles. The molecule has 10 nitrogen and oxygen atoms in total. The molecule has 0 spiro atoms. The Balaban J connectivity index is 2.17. The molecule has 2 rings (SSSR count). The van der Waals surface area contributed by atoms with Crippen LogP contribution in [0.15, 0.2) is 17.1 Å². The highest BCUT2D eigenvalue weighted by Gasteiger charge is 2.45. The number of ether oxygens (including phenoxy) is 1. The van der Waals surface area contributed by atoms with Crippen LogP contribution in [-0.4, -0.2) is 49.6 Å². The smallest absolute Gasteiger partial charge is 0.387 e. The lowest BCUT2D eigenvalue weighted by Crippen LogP contribution is -2.36. The molecule has 110 valence electrons. The molecule has 3 unspecified atom stereocenters. The molecule has 1 aliphatic rings. The molecular formula is C9H13N3O7P+. The Morgan fingerprint density at radius 2 is 2.20 bits per heavy atom. The minimum absolute atomic E-state index is 0.0106. The van der Waals surface area contributed by atoms with Crippen molar-refractivity contribution in [3.05, 3.63) is 22.7 Å². The van der Waals surface area contributed by atoms with Crippen molar-refractivity contribution in [1.29, 1.82) is 0 Å². The number of aliphatic hydroxyl groups excluding tert-OH is 2. The van der Waals surface area contributed by atoms with Gasteiger partial charge in [0.25, 0.3) is 0 Å². The van der Waals surface area contributed by atoms with Crippen molar-refractivity contribution in [3.63, 3.8) is 0 Å². The minimum atomic E-state index is -2.85. The van der Waals surface area contributed by atoms with Crippen LogP contribution in [-0.2, 0) is 13.8 Å². The number of hydrogen-bond acceptors (Lipinski definition) is 8. The van der Waals surface area contributed by atoms with Gasteiger partial charge in [-0.1, -0.05) is 0 Å². The van der Waals surface area contributed by atoms with Gasteiger partial charge < -0.3 is 20.7 Å². The fourth-order valence-electron chi connectivity index (χ4n) is 1.85. The van der Waals surface area contributed by atoms with Gasteiger partial charge in [-0.2, -0.15) is 4.98 Å². The molecule has 0 saturated carbocycles. The van der Waals surface area contributed by atoms with Crippen molar-refractivity contribution >= 4 is 14.1 Å². The highest BCUT2D eigenvalue weighted by Crippen LogP contribution is 2.30. The van der Waals surface area contributed by atoms with E-state index in [0.29, 0.717) is 0 Å². The summed E-state index contributed by atoms with van der Waals surface area (Å²) in [5.41, 5.74) is 4.59. The van der Waals surface area contributed by atoms with Crippen molar-refractivity contribution in [2.24, 2.45) is 0 Å². The van der Waals surface area contributed by atoms with Crippen LogP contribution in [0.25, 0.3) is 0 Å². The Hall–Kier alpha value is -1.42. The van der Waals surface area contributed by atoms with Crippen LogP contribution in [0, 0.1) is 0 Å². The molecule has 1 fully saturated rings. The molecule has 1 aromatic rings. The van der Waals surface area contributed by atoms with Gasteiger partial charge in [0.2, 0.25) is 0 Å². The summed E-state index contributed by atoms with van der Waals surface area (Å²) < 4.78 is 21.1. The lowest BCUT2D eigenvalue weighted by Gasteiger charge is -2.16. The summed E-state index contributed by atoms with van der Waals surface area (Å²) in [6.45, 7) is -0.405. The largest absolute Gasteiger partial charge is 0.694 e. The second-order valence-electron chi connectivity index (χ2n) is 4.12. The van der Waals surface area contributed by atoms with Gasteiger partial charge in [0.05, 0.1) is 0 Å². The molecule has 20 heavy (non-hydrogen) atoms. The zero-order valence-electron chi connectivity index (χ0n) is 10.1. The Kier molecular flexibility index (Phi) is 4.43. The number of anilines is 1. The maximum atomic E-state index is 11.6. The van der Waals surface area contributed by atoms with E-state index in [0.717, 1.165) is 4.57 Å².